The van der Waals surface area contributed by atoms with Crippen LogP contribution in [0.5, 0.6) is 0 Å². The lowest BCUT2D eigenvalue weighted by Crippen LogP contribution is -2.55. The highest BCUT2D eigenvalue weighted by atomic mass is 15.3. The van der Waals surface area contributed by atoms with Crippen LogP contribution in [0.2, 0.25) is 0 Å². The average molecular weight is 255 g/mol. The van der Waals surface area contributed by atoms with Gasteiger partial charge in [0.15, 0.2) is 0 Å². The number of hydrogen-bond donors (Lipinski definition) is 1. The molecule has 2 unspecified atom stereocenters. The van der Waals surface area contributed by atoms with Gasteiger partial charge in [0.1, 0.15) is 0 Å². The monoisotopic (exact) mass is 255 g/mol. The summed E-state index contributed by atoms with van der Waals surface area (Å²) in [5.41, 5.74) is 0.325. The van der Waals surface area contributed by atoms with Crippen molar-refractivity contribution >= 4 is 0 Å². The van der Waals surface area contributed by atoms with Gasteiger partial charge in [-0.05, 0) is 33.7 Å². The van der Waals surface area contributed by atoms with Gasteiger partial charge in [-0.3, -0.25) is 9.80 Å². The second kappa shape index (κ2) is 6.88. The van der Waals surface area contributed by atoms with Crippen molar-refractivity contribution in [1.29, 1.82) is 0 Å². The van der Waals surface area contributed by atoms with Crippen LogP contribution < -0.4 is 5.32 Å². The number of likely N-dealkylation sites (N-methyl/N-ethyl adjacent to an activating group) is 1. The van der Waals surface area contributed by atoms with E-state index in [0.717, 1.165) is 5.92 Å². The molecule has 1 N–H and O–H groups in total. The maximum atomic E-state index is 3.49. The third-order valence-electron chi connectivity index (χ3n) is 4.48. The second-order valence-electron chi connectivity index (χ2n) is 6.74. The maximum Gasteiger partial charge on any atom is 0.0217 e. The van der Waals surface area contributed by atoms with E-state index >= 15 is 0 Å². The Morgan fingerprint density at radius 3 is 2.06 bits per heavy atom. The van der Waals surface area contributed by atoms with E-state index in [-0.39, 0.29) is 0 Å². The van der Waals surface area contributed by atoms with Crippen molar-refractivity contribution in [3.8, 4) is 0 Å². The second-order valence-corrected chi connectivity index (χ2v) is 6.74. The predicted molar refractivity (Wildman–Crippen MR) is 80.1 cm³/mol. The largest absolute Gasteiger partial charge is 0.315 e. The Bertz CT molecular complexity index is 226. The lowest BCUT2D eigenvalue weighted by Gasteiger charge is -2.43. The molecule has 1 aliphatic heterocycles. The summed E-state index contributed by atoms with van der Waals surface area (Å²) < 4.78 is 0. The van der Waals surface area contributed by atoms with Crippen LogP contribution in [0.3, 0.4) is 0 Å². The highest BCUT2D eigenvalue weighted by Gasteiger charge is 2.27. The van der Waals surface area contributed by atoms with E-state index in [4.69, 9.17) is 0 Å². The van der Waals surface area contributed by atoms with Gasteiger partial charge in [0.05, 0.1) is 0 Å². The number of hydrogen-bond acceptors (Lipinski definition) is 3. The van der Waals surface area contributed by atoms with Crippen molar-refractivity contribution in [1.82, 2.24) is 15.1 Å². The average Bonchev–Trinajstić information content (AvgIpc) is 2.34. The summed E-state index contributed by atoms with van der Waals surface area (Å²) in [6, 6.07) is 0.635. The molecule has 108 valence electrons. The Labute approximate surface area is 114 Å². The molecule has 1 fully saturated rings. The fourth-order valence-electron chi connectivity index (χ4n) is 2.72. The van der Waals surface area contributed by atoms with E-state index < -0.39 is 0 Å². The summed E-state index contributed by atoms with van der Waals surface area (Å²) in [6.45, 7) is 17.6. The van der Waals surface area contributed by atoms with Crippen LogP contribution in [0.25, 0.3) is 0 Å². The van der Waals surface area contributed by atoms with E-state index in [0.29, 0.717) is 11.6 Å². The Morgan fingerprint density at radius 1 is 1.11 bits per heavy atom. The molecule has 0 aromatic carbocycles. The van der Waals surface area contributed by atoms with Crippen molar-refractivity contribution in [2.24, 2.45) is 5.92 Å². The molecule has 3 heteroatoms. The van der Waals surface area contributed by atoms with Crippen LogP contribution in [0.1, 0.15) is 41.0 Å². The Morgan fingerprint density at radius 2 is 1.67 bits per heavy atom. The van der Waals surface area contributed by atoms with Crippen LogP contribution in [0.15, 0.2) is 0 Å². The molecule has 18 heavy (non-hydrogen) atoms. The van der Waals surface area contributed by atoms with Crippen molar-refractivity contribution < 1.29 is 0 Å². The van der Waals surface area contributed by atoms with Crippen molar-refractivity contribution in [2.75, 3.05) is 39.8 Å². The molecule has 1 heterocycles. The molecule has 2 atom stereocenters. The van der Waals surface area contributed by atoms with Gasteiger partial charge in [0.25, 0.3) is 0 Å². The van der Waals surface area contributed by atoms with Crippen LogP contribution in [0.4, 0.5) is 0 Å². The SMILES string of the molecule is CCC(C)C(CN1CCN(C(C)(C)C)CC1)NC. The standard InChI is InChI=1S/C15H33N3/c1-7-13(2)14(16-6)12-17-8-10-18(11-9-17)15(3,4)5/h13-14,16H,7-12H2,1-6H3. The highest BCUT2D eigenvalue weighted by molar-refractivity contribution is 4.84. The summed E-state index contributed by atoms with van der Waals surface area (Å²) in [5, 5.41) is 3.49. The van der Waals surface area contributed by atoms with Gasteiger partial charge in [0, 0.05) is 44.3 Å². The first-order valence-corrected chi connectivity index (χ1v) is 7.53. The lowest BCUT2D eigenvalue weighted by molar-refractivity contribution is 0.0552. The predicted octanol–water partition coefficient (Wildman–Crippen LogP) is 2.04. The van der Waals surface area contributed by atoms with Gasteiger partial charge in [0.2, 0.25) is 0 Å². The van der Waals surface area contributed by atoms with Gasteiger partial charge in [-0.2, -0.15) is 0 Å². The third kappa shape index (κ3) is 4.52. The van der Waals surface area contributed by atoms with Gasteiger partial charge < -0.3 is 5.32 Å². The van der Waals surface area contributed by atoms with E-state index in [1.54, 1.807) is 0 Å². The van der Waals surface area contributed by atoms with E-state index in [2.05, 4.69) is 56.8 Å². The summed E-state index contributed by atoms with van der Waals surface area (Å²) in [4.78, 5) is 5.22. The van der Waals surface area contributed by atoms with Gasteiger partial charge >= 0.3 is 0 Å². The van der Waals surface area contributed by atoms with Gasteiger partial charge in [-0.1, -0.05) is 20.3 Å². The normalized spacial score (nSPS) is 23.0. The summed E-state index contributed by atoms with van der Waals surface area (Å²) >= 11 is 0. The first kappa shape index (κ1) is 15.9. The maximum absolute atomic E-state index is 3.49. The molecule has 0 radical (unpaired) electrons. The topological polar surface area (TPSA) is 18.5 Å². The lowest BCUT2D eigenvalue weighted by atomic mass is 9.98. The van der Waals surface area contributed by atoms with Gasteiger partial charge in [-0.15, -0.1) is 0 Å². The first-order valence-electron chi connectivity index (χ1n) is 7.53. The molecule has 0 amide bonds. The molecule has 0 aromatic rings. The molecule has 0 bridgehead atoms. The van der Waals surface area contributed by atoms with Gasteiger partial charge in [-0.25, -0.2) is 0 Å². The van der Waals surface area contributed by atoms with Crippen molar-refractivity contribution in [3.63, 3.8) is 0 Å². The zero-order chi connectivity index (χ0) is 13.8. The van der Waals surface area contributed by atoms with Crippen LogP contribution in [-0.4, -0.2) is 61.2 Å². The van der Waals surface area contributed by atoms with Crippen LogP contribution >= 0.6 is 0 Å². The Kier molecular flexibility index (Phi) is 6.09. The quantitative estimate of drug-likeness (QED) is 0.811. The highest BCUT2D eigenvalue weighted by Crippen LogP contribution is 2.17. The molecule has 0 saturated carbocycles. The summed E-state index contributed by atoms with van der Waals surface area (Å²) in [7, 11) is 2.10. The van der Waals surface area contributed by atoms with Crippen molar-refractivity contribution in [3.05, 3.63) is 0 Å². The van der Waals surface area contributed by atoms with Crippen molar-refractivity contribution in [2.45, 2.75) is 52.6 Å². The summed E-state index contributed by atoms with van der Waals surface area (Å²) in [5.74, 6) is 0.760. The summed E-state index contributed by atoms with van der Waals surface area (Å²) in [6.07, 6.45) is 1.26. The molecule has 1 aliphatic rings. The fraction of sp³-hybridized carbons (Fsp3) is 1.00. The number of piperazine rings is 1. The number of rotatable bonds is 5. The minimum absolute atomic E-state index is 0.325. The minimum atomic E-state index is 0.325. The smallest absolute Gasteiger partial charge is 0.0217 e. The Balaban J connectivity index is 2.39. The molecule has 3 nitrogen and oxygen atoms in total. The minimum Gasteiger partial charge on any atom is -0.315 e. The fourth-order valence-corrected chi connectivity index (χ4v) is 2.72. The molecule has 0 aliphatic carbocycles. The zero-order valence-corrected chi connectivity index (χ0v) is 13.3. The Hall–Kier alpha value is -0.120. The molecular weight excluding hydrogens is 222 g/mol. The number of nitrogens with one attached hydrogen (secondary N) is 1. The molecule has 0 spiro atoms. The van der Waals surface area contributed by atoms with E-state index in [1.807, 2.05) is 0 Å². The van der Waals surface area contributed by atoms with E-state index in [1.165, 1.54) is 39.1 Å². The molecule has 1 rings (SSSR count). The third-order valence-corrected chi connectivity index (χ3v) is 4.48. The van der Waals surface area contributed by atoms with Crippen LogP contribution in [-0.2, 0) is 0 Å². The van der Waals surface area contributed by atoms with Crippen LogP contribution in [0, 0.1) is 5.92 Å². The van der Waals surface area contributed by atoms with E-state index in [9.17, 15) is 0 Å². The first-order chi connectivity index (χ1) is 8.38. The molecule has 0 aromatic heterocycles. The molecular formula is C15H33N3. The molecule has 1 saturated heterocycles. The number of nitrogens with zero attached hydrogens (tertiary/aromatic N) is 2. The zero-order valence-electron chi connectivity index (χ0n) is 13.3.